The van der Waals surface area contributed by atoms with Crippen molar-refractivity contribution in [2.75, 3.05) is 0 Å². The number of halogens is 1. The van der Waals surface area contributed by atoms with E-state index in [1.165, 1.54) is 0 Å². The Balaban J connectivity index is 2.32. The van der Waals surface area contributed by atoms with Crippen LogP contribution in [-0.2, 0) is 7.05 Å². The van der Waals surface area contributed by atoms with Gasteiger partial charge in [-0.3, -0.25) is 4.68 Å². The highest BCUT2D eigenvalue weighted by Gasteiger charge is 2.16. The molecule has 3 rings (SSSR count). The summed E-state index contributed by atoms with van der Waals surface area (Å²) in [5.41, 5.74) is 5.31. The average molecular weight is 324 g/mol. The summed E-state index contributed by atoms with van der Waals surface area (Å²) in [5.74, 6) is 0. The first-order valence-electron chi connectivity index (χ1n) is 7.41. The van der Waals surface area contributed by atoms with Crippen LogP contribution in [0.4, 0.5) is 0 Å². The van der Waals surface area contributed by atoms with Crippen LogP contribution in [0.3, 0.4) is 0 Å². The van der Waals surface area contributed by atoms with Gasteiger partial charge in [0.25, 0.3) is 0 Å². The van der Waals surface area contributed by atoms with Gasteiger partial charge >= 0.3 is 0 Å². The van der Waals surface area contributed by atoms with E-state index in [-0.39, 0.29) is 0 Å². The van der Waals surface area contributed by atoms with E-state index in [2.05, 4.69) is 28.4 Å². The summed E-state index contributed by atoms with van der Waals surface area (Å²) in [6.45, 7) is 6.00. The summed E-state index contributed by atoms with van der Waals surface area (Å²) in [4.78, 5) is 0. The molecule has 0 amide bonds. The van der Waals surface area contributed by atoms with Crippen molar-refractivity contribution in [1.82, 2.24) is 14.3 Å². The van der Waals surface area contributed by atoms with Crippen LogP contribution >= 0.6 is 11.6 Å². The third-order valence-corrected chi connectivity index (χ3v) is 4.03. The maximum absolute atomic E-state index is 6.04. The first-order chi connectivity index (χ1) is 11.2. The Morgan fingerprint density at radius 2 is 1.87 bits per heavy atom. The molecule has 0 spiro atoms. The second kappa shape index (κ2) is 6.31. The molecule has 0 N–H and O–H groups in total. The van der Waals surface area contributed by atoms with Crippen molar-refractivity contribution in [2.45, 2.75) is 6.92 Å². The molecule has 23 heavy (non-hydrogen) atoms. The van der Waals surface area contributed by atoms with Crippen molar-refractivity contribution in [3.63, 3.8) is 0 Å². The van der Waals surface area contributed by atoms with Gasteiger partial charge in [-0.05, 0) is 49.4 Å². The number of rotatable bonds is 4. The molecule has 2 aromatic heterocycles. The maximum atomic E-state index is 6.04. The minimum absolute atomic E-state index is 0.719. The molecule has 0 unspecified atom stereocenters. The average Bonchev–Trinajstić information content (AvgIpc) is 3.11. The van der Waals surface area contributed by atoms with E-state index in [1.807, 2.05) is 61.1 Å². The van der Waals surface area contributed by atoms with Crippen molar-refractivity contribution in [1.29, 1.82) is 0 Å². The Labute approximate surface area is 141 Å². The predicted octanol–water partition coefficient (Wildman–Crippen LogP) is 5.21. The highest BCUT2D eigenvalue weighted by Crippen LogP contribution is 2.31. The van der Waals surface area contributed by atoms with Crippen LogP contribution in [0.1, 0.15) is 18.2 Å². The smallest absolute Gasteiger partial charge is 0.0847 e. The fraction of sp³-hybridized carbons (Fsp3) is 0.105. The maximum Gasteiger partial charge on any atom is 0.0847 e. The standard InChI is InChI=1S/C19H18ClN3/c1-4-6-14-13-19(18-11-12-21-22(18)3)23(17(14)5-2)16-9-7-15(20)8-10-16/h4-13H,2H2,1,3H3/b6-4-. The normalized spacial score (nSPS) is 11.3. The number of hydrogen-bond acceptors (Lipinski definition) is 1. The summed E-state index contributed by atoms with van der Waals surface area (Å²) in [7, 11) is 1.94. The zero-order chi connectivity index (χ0) is 16.4. The zero-order valence-electron chi connectivity index (χ0n) is 13.2. The molecule has 1 aromatic carbocycles. The monoisotopic (exact) mass is 323 g/mol. The van der Waals surface area contributed by atoms with Crippen molar-refractivity contribution in [3.05, 3.63) is 71.5 Å². The first kappa shape index (κ1) is 15.4. The van der Waals surface area contributed by atoms with Crippen molar-refractivity contribution in [3.8, 4) is 17.1 Å². The Hall–Kier alpha value is -2.52. The molecule has 4 heteroatoms. The Morgan fingerprint density at radius 1 is 1.13 bits per heavy atom. The molecule has 0 aliphatic heterocycles. The van der Waals surface area contributed by atoms with E-state index >= 15 is 0 Å². The summed E-state index contributed by atoms with van der Waals surface area (Å²) >= 11 is 6.04. The molecule has 3 aromatic rings. The molecular weight excluding hydrogens is 306 g/mol. The quantitative estimate of drug-likeness (QED) is 0.646. The topological polar surface area (TPSA) is 22.8 Å². The number of benzene rings is 1. The van der Waals surface area contributed by atoms with Crippen LogP contribution in [0.15, 0.2) is 55.3 Å². The van der Waals surface area contributed by atoms with Gasteiger partial charge in [-0.1, -0.05) is 30.3 Å². The van der Waals surface area contributed by atoms with Crippen LogP contribution in [0.25, 0.3) is 29.2 Å². The van der Waals surface area contributed by atoms with E-state index in [0.717, 1.165) is 33.4 Å². The van der Waals surface area contributed by atoms with E-state index < -0.39 is 0 Å². The molecule has 0 bridgehead atoms. The largest absolute Gasteiger partial charge is 0.308 e. The van der Waals surface area contributed by atoms with Crippen LogP contribution in [0.5, 0.6) is 0 Å². The number of nitrogens with zero attached hydrogens (tertiary/aromatic N) is 3. The Bertz CT molecular complexity index is 867. The van der Waals surface area contributed by atoms with Gasteiger partial charge < -0.3 is 4.57 Å². The van der Waals surface area contributed by atoms with Gasteiger partial charge in [0.05, 0.1) is 17.1 Å². The SMILES string of the molecule is C=Cc1c(/C=C\C)cc(-c2ccnn2C)n1-c1ccc(Cl)cc1. The van der Waals surface area contributed by atoms with Gasteiger partial charge in [-0.15, -0.1) is 0 Å². The van der Waals surface area contributed by atoms with Crippen LogP contribution in [0, 0.1) is 0 Å². The van der Waals surface area contributed by atoms with Gasteiger partial charge in [0, 0.05) is 29.5 Å². The Morgan fingerprint density at radius 3 is 2.43 bits per heavy atom. The molecule has 2 heterocycles. The summed E-state index contributed by atoms with van der Waals surface area (Å²) in [5, 5.41) is 5.01. The zero-order valence-corrected chi connectivity index (χ0v) is 14.0. The highest BCUT2D eigenvalue weighted by molar-refractivity contribution is 6.30. The first-order valence-corrected chi connectivity index (χ1v) is 7.78. The second-order valence-electron chi connectivity index (χ2n) is 5.23. The van der Waals surface area contributed by atoms with Crippen molar-refractivity contribution >= 4 is 23.8 Å². The molecule has 116 valence electrons. The predicted molar refractivity (Wildman–Crippen MR) is 97.8 cm³/mol. The minimum Gasteiger partial charge on any atom is -0.308 e. The van der Waals surface area contributed by atoms with Gasteiger partial charge in [-0.25, -0.2) is 0 Å². The number of aryl methyl sites for hydroxylation is 1. The van der Waals surface area contributed by atoms with Crippen molar-refractivity contribution < 1.29 is 0 Å². The fourth-order valence-corrected chi connectivity index (χ4v) is 2.87. The molecule has 0 fully saturated rings. The van der Waals surface area contributed by atoms with E-state index in [1.54, 1.807) is 6.20 Å². The number of aromatic nitrogens is 3. The van der Waals surface area contributed by atoms with Crippen LogP contribution < -0.4 is 0 Å². The van der Waals surface area contributed by atoms with Crippen LogP contribution in [-0.4, -0.2) is 14.3 Å². The molecule has 0 radical (unpaired) electrons. The lowest BCUT2D eigenvalue weighted by Gasteiger charge is -2.12. The molecule has 0 atom stereocenters. The van der Waals surface area contributed by atoms with Gasteiger partial charge in [0.15, 0.2) is 0 Å². The van der Waals surface area contributed by atoms with E-state index in [0.29, 0.717) is 0 Å². The second-order valence-corrected chi connectivity index (χ2v) is 5.66. The molecule has 0 saturated carbocycles. The lowest BCUT2D eigenvalue weighted by molar-refractivity contribution is 0.771. The third-order valence-electron chi connectivity index (χ3n) is 3.78. The summed E-state index contributed by atoms with van der Waals surface area (Å²) in [6.07, 6.45) is 7.80. The summed E-state index contributed by atoms with van der Waals surface area (Å²) < 4.78 is 4.05. The molecule has 0 saturated heterocycles. The Kier molecular flexibility index (Phi) is 4.22. The number of allylic oxidation sites excluding steroid dienone is 1. The number of hydrogen-bond donors (Lipinski definition) is 0. The lowest BCUT2D eigenvalue weighted by atomic mass is 10.2. The van der Waals surface area contributed by atoms with Gasteiger partial charge in [0.2, 0.25) is 0 Å². The van der Waals surface area contributed by atoms with Crippen molar-refractivity contribution in [2.24, 2.45) is 7.05 Å². The summed E-state index contributed by atoms with van der Waals surface area (Å²) in [6, 6.07) is 12.0. The molecule has 3 nitrogen and oxygen atoms in total. The van der Waals surface area contributed by atoms with E-state index in [4.69, 9.17) is 11.6 Å². The molecule has 0 aliphatic carbocycles. The molecule has 0 aliphatic rings. The highest BCUT2D eigenvalue weighted by atomic mass is 35.5. The third kappa shape index (κ3) is 2.76. The van der Waals surface area contributed by atoms with Crippen LogP contribution in [0.2, 0.25) is 5.02 Å². The minimum atomic E-state index is 0.719. The fourth-order valence-electron chi connectivity index (χ4n) is 2.75. The van der Waals surface area contributed by atoms with Gasteiger partial charge in [0.1, 0.15) is 0 Å². The molecular formula is C19H18ClN3. The van der Waals surface area contributed by atoms with Gasteiger partial charge in [-0.2, -0.15) is 5.10 Å². The lowest BCUT2D eigenvalue weighted by Crippen LogP contribution is -2.02. The van der Waals surface area contributed by atoms with E-state index in [9.17, 15) is 0 Å².